The molecule has 1 heterocycles. The molecule has 1 saturated heterocycles. The number of hydrogen-bond donors (Lipinski definition) is 0. The van der Waals surface area contributed by atoms with Gasteiger partial charge in [0.15, 0.2) is 0 Å². The van der Waals surface area contributed by atoms with Gasteiger partial charge >= 0.3 is 0 Å². The molecular weight excluding hydrogens is 178 g/mol. The highest BCUT2D eigenvalue weighted by Crippen LogP contribution is 2.07. The highest BCUT2D eigenvalue weighted by Gasteiger charge is 2.08. The van der Waals surface area contributed by atoms with E-state index in [0.717, 1.165) is 13.2 Å². The molecule has 1 aliphatic rings. The maximum atomic E-state index is 5.44. The molecule has 0 atom stereocenters. The highest BCUT2D eigenvalue weighted by molar-refractivity contribution is 4.63. The average Bonchev–Trinajstić information content (AvgIpc) is 2.25. The smallest absolute Gasteiger partial charge is 0.0701 e. The van der Waals surface area contributed by atoms with E-state index in [4.69, 9.17) is 9.47 Å². The van der Waals surface area contributed by atoms with Crippen LogP contribution in [0.2, 0.25) is 0 Å². The summed E-state index contributed by atoms with van der Waals surface area (Å²) in [5, 5.41) is 0. The van der Waals surface area contributed by atoms with Gasteiger partial charge in [0.05, 0.1) is 19.8 Å². The van der Waals surface area contributed by atoms with Crippen molar-refractivity contribution in [2.24, 2.45) is 0 Å². The van der Waals surface area contributed by atoms with Gasteiger partial charge in [-0.15, -0.1) is 0 Å². The summed E-state index contributed by atoms with van der Waals surface area (Å²) in [5.74, 6) is 0. The first-order chi connectivity index (χ1) is 6.93. The van der Waals surface area contributed by atoms with Gasteiger partial charge in [0.2, 0.25) is 0 Å². The molecular formula is C11H22NO2. The number of likely N-dealkylation sites (tertiary alicyclic amines) is 1. The average molecular weight is 200 g/mol. The maximum absolute atomic E-state index is 5.44. The molecule has 0 amide bonds. The molecule has 0 aromatic rings. The van der Waals surface area contributed by atoms with E-state index in [1.54, 1.807) is 0 Å². The lowest BCUT2D eigenvalue weighted by Crippen LogP contribution is -2.32. The van der Waals surface area contributed by atoms with Crippen molar-refractivity contribution in [1.82, 2.24) is 4.90 Å². The van der Waals surface area contributed by atoms with Crippen LogP contribution in [-0.4, -0.2) is 51.0 Å². The van der Waals surface area contributed by atoms with Crippen molar-refractivity contribution in [3.63, 3.8) is 0 Å². The zero-order chi connectivity index (χ0) is 10.1. The second-order valence-corrected chi connectivity index (χ2v) is 3.63. The summed E-state index contributed by atoms with van der Waals surface area (Å²) in [6.45, 7) is 9.90. The van der Waals surface area contributed by atoms with Crippen molar-refractivity contribution in [2.75, 3.05) is 46.1 Å². The van der Waals surface area contributed by atoms with E-state index in [9.17, 15) is 0 Å². The Morgan fingerprint density at radius 1 is 0.929 bits per heavy atom. The van der Waals surface area contributed by atoms with Gasteiger partial charge in [-0.3, -0.25) is 0 Å². The van der Waals surface area contributed by atoms with Crippen LogP contribution in [0.5, 0.6) is 0 Å². The fourth-order valence-corrected chi connectivity index (χ4v) is 1.70. The number of piperidine rings is 1. The summed E-state index contributed by atoms with van der Waals surface area (Å²) >= 11 is 0. The fraction of sp³-hybridized carbons (Fsp3) is 0.909. The molecule has 0 N–H and O–H groups in total. The van der Waals surface area contributed by atoms with Crippen LogP contribution >= 0.6 is 0 Å². The SMILES string of the molecule is [CH2]COCCOCCN1CCCCC1. The quantitative estimate of drug-likeness (QED) is 0.579. The van der Waals surface area contributed by atoms with E-state index in [0.29, 0.717) is 19.8 Å². The van der Waals surface area contributed by atoms with Crippen LogP contribution in [-0.2, 0) is 9.47 Å². The minimum atomic E-state index is 0.537. The van der Waals surface area contributed by atoms with E-state index in [-0.39, 0.29) is 0 Å². The zero-order valence-electron chi connectivity index (χ0n) is 9.04. The van der Waals surface area contributed by atoms with E-state index in [2.05, 4.69) is 11.8 Å². The summed E-state index contributed by atoms with van der Waals surface area (Å²) in [4.78, 5) is 2.48. The molecule has 0 saturated carbocycles. The first-order valence-corrected chi connectivity index (χ1v) is 5.60. The van der Waals surface area contributed by atoms with Crippen molar-refractivity contribution in [1.29, 1.82) is 0 Å². The number of nitrogens with zero attached hydrogens (tertiary/aromatic N) is 1. The Morgan fingerprint density at radius 2 is 1.64 bits per heavy atom. The summed E-state index contributed by atoms with van der Waals surface area (Å²) in [5.41, 5.74) is 0. The van der Waals surface area contributed by atoms with E-state index >= 15 is 0 Å². The van der Waals surface area contributed by atoms with E-state index in [1.807, 2.05) is 0 Å². The molecule has 1 rings (SSSR count). The Kier molecular flexibility index (Phi) is 7.01. The molecule has 0 aromatic heterocycles. The first-order valence-electron chi connectivity index (χ1n) is 5.60. The van der Waals surface area contributed by atoms with Gasteiger partial charge < -0.3 is 14.4 Å². The normalized spacial score (nSPS) is 18.6. The third kappa shape index (κ3) is 5.58. The molecule has 0 spiro atoms. The first kappa shape index (κ1) is 12.0. The van der Waals surface area contributed by atoms with Crippen LogP contribution in [0.25, 0.3) is 0 Å². The molecule has 1 aliphatic heterocycles. The van der Waals surface area contributed by atoms with Gasteiger partial charge in [0, 0.05) is 13.2 Å². The predicted octanol–water partition coefficient (Wildman–Crippen LogP) is 1.34. The third-order valence-corrected chi connectivity index (χ3v) is 2.52. The Hall–Kier alpha value is -0.120. The van der Waals surface area contributed by atoms with Gasteiger partial charge in [0.25, 0.3) is 0 Å². The maximum Gasteiger partial charge on any atom is 0.0701 e. The zero-order valence-corrected chi connectivity index (χ0v) is 9.04. The van der Waals surface area contributed by atoms with Crippen molar-refractivity contribution in [3.05, 3.63) is 6.92 Å². The topological polar surface area (TPSA) is 21.7 Å². The largest absolute Gasteiger partial charge is 0.379 e. The summed E-state index contributed by atoms with van der Waals surface area (Å²) in [6, 6.07) is 0. The molecule has 14 heavy (non-hydrogen) atoms. The molecule has 0 bridgehead atoms. The Labute approximate surface area is 87.4 Å². The van der Waals surface area contributed by atoms with Crippen LogP contribution in [0.4, 0.5) is 0 Å². The van der Waals surface area contributed by atoms with Crippen LogP contribution < -0.4 is 0 Å². The molecule has 0 unspecified atom stereocenters. The lowest BCUT2D eigenvalue weighted by molar-refractivity contribution is 0.0446. The predicted molar refractivity (Wildman–Crippen MR) is 57.3 cm³/mol. The molecule has 1 fully saturated rings. The Bertz CT molecular complexity index is 124. The fourth-order valence-electron chi connectivity index (χ4n) is 1.70. The van der Waals surface area contributed by atoms with E-state index < -0.39 is 0 Å². The Morgan fingerprint density at radius 3 is 2.36 bits per heavy atom. The van der Waals surface area contributed by atoms with Crippen LogP contribution in [0.3, 0.4) is 0 Å². The van der Waals surface area contributed by atoms with Crippen molar-refractivity contribution < 1.29 is 9.47 Å². The van der Waals surface area contributed by atoms with Crippen LogP contribution in [0.15, 0.2) is 0 Å². The second-order valence-electron chi connectivity index (χ2n) is 3.63. The molecule has 0 aromatic carbocycles. The molecule has 3 heteroatoms. The van der Waals surface area contributed by atoms with Gasteiger partial charge in [-0.05, 0) is 32.9 Å². The van der Waals surface area contributed by atoms with Crippen molar-refractivity contribution >= 4 is 0 Å². The summed E-state index contributed by atoms with van der Waals surface area (Å²) in [7, 11) is 0. The molecule has 3 nitrogen and oxygen atoms in total. The van der Waals surface area contributed by atoms with Gasteiger partial charge in [-0.1, -0.05) is 6.42 Å². The number of hydrogen-bond acceptors (Lipinski definition) is 3. The van der Waals surface area contributed by atoms with Gasteiger partial charge in [-0.25, -0.2) is 0 Å². The van der Waals surface area contributed by atoms with E-state index in [1.165, 1.54) is 32.4 Å². The van der Waals surface area contributed by atoms with Gasteiger partial charge in [0.1, 0.15) is 0 Å². The molecule has 83 valence electrons. The van der Waals surface area contributed by atoms with Crippen molar-refractivity contribution in [3.8, 4) is 0 Å². The summed E-state index contributed by atoms with van der Waals surface area (Å²) < 4.78 is 10.5. The van der Waals surface area contributed by atoms with Crippen molar-refractivity contribution in [2.45, 2.75) is 19.3 Å². The standard InChI is InChI=1S/C11H22NO2/c1-2-13-10-11-14-9-8-12-6-4-3-5-7-12/h1-11H2. The van der Waals surface area contributed by atoms with Crippen LogP contribution in [0, 0.1) is 6.92 Å². The molecule has 1 radical (unpaired) electrons. The third-order valence-electron chi connectivity index (χ3n) is 2.52. The summed E-state index contributed by atoms with van der Waals surface area (Å²) in [6.07, 6.45) is 4.10. The minimum absolute atomic E-state index is 0.537. The molecule has 0 aliphatic carbocycles. The van der Waals surface area contributed by atoms with Gasteiger partial charge in [-0.2, -0.15) is 0 Å². The minimum Gasteiger partial charge on any atom is -0.379 e. The number of ether oxygens (including phenoxy) is 2. The lowest BCUT2D eigenvalue weighted by atomic mass is 10.1. The lowest BCUT2D eigenvalue weighted by Gasteiger charge is -2.26. The number of rotatable bonds is 7. The monoisotopic (exact) mass is 200 g/mol. The van der Waals surface area contributed by atoms with Crippen LogP contribution in [0.1, 0.15) is 19.3 Å². The highest BCUT2D eigenvalue weighted by atomic mass is 16.5. The second kappa shape index (κ2) is 8.21. The Balaban J connectivity index is 1.82.